The van der Waals surface area contributed by atoms with Gasteiger partial charge in [-0.2, -0.15) is 0 Å². The van der Waals surface area contributed by atoms with E-state index in [0.717, 1.165) is 0 Å². The number of methoxy groups -OCH3 is 1. The van der Waals surface area contributed by atoms with Gasteiger partial charge in [-0.05, 0) is 20.8 Å². The Morgan fingerprint density at radius 1 is 1.56 bits per heavy atom. The number of likely N-dealkylation sites (tertiary alicyclic amines) is 1. The number of carbonyl (C=O) groups is 1. The van der Waals surface area contributed by atoms with Crippen LogP contribution in [0.5, 0.6) is 0 Å². The molecule has 1 amide bonds. The third kappa shape index (κ3) is 3.28. The number of rotatable bonds is 3. The molecule has 0 saturated carbocycles. The summed E-state index contributed by atoms with van der Waals surface area (Å²) in [7, 11) is 1.58. The van der Waals surface area contributed by atoms with Gasteiger partial charge >= 0.3 is 6.09 Å². The molecule has 106 valence electrons. The third-order valence-corrected chi connectivity index (χ3v) is 3.55. The molecule has 18 heavy (non-hydrogen) atoms. The van der Waals surface area contributed by atoms with Crippen LogP contribution in [0.3, 0.4) is 0 Å². The van der Waals surface area contributed by atoms with E-state index in [0.29, 0.717) is 13.0 Å². The molecular weight excluding hydrogens is 258 g/mol. The average Bonchev–Trinajstić information content (AvgIpc) is 2.66. The zero-order chi connectivity index (χ0) is 14.0. The molecule has 1 rings (SSSR count). The number of nitrogens with zero attached hydrogens (tertiary/aromatic N) is 1. The van der Waals surface area contributed by atoms with E-state index in [9.17, 15) is 9.90 Å². The molecule has 2 atom stereocenters. The minimum atomic E-state index is -0.787. The summed E-state index contributed by atoms with van der Waals surface area (Å²) < 4.78 is 10.6. The molecule has 5 nitrogen and oxygen atoms in total. The predicted octanol–water partition coefficient (Wildman–Crippen LogP) is 1.61. The molecule has 1 N–H and O–H groups in total. The molecule has 0 radical (unpaired) electrons. The fourth-order valence-corrected chi connectivity index (χ4v) is 2.40. The number of hydrogen-bond acceptors (Lipinski definition) is 4. The number of carbonyl (C=O) groups excluding carboxylic acids is 1. The summed E-state index contributed by atoms with van der Waals surface area (Å²) in [5.74, 6) is 0.155. The predicted molar refractivity (Wildman–Crippen MR) is 68.9 cm³/mol. The van der Waals surface area contributed by atoms with Crippen LogP contribution in [0.25, 0.3) is 0 Å². The lowest BCUT2D eigenvalue weighted by molar-refractivity contribution is 0.000154. The number of aliphatic hydroxyl groups excluding tert-OH is 1. The molecule has 1 heterocycles. The quantitative estimate of drug-likeness (QED) is 0.798. The molecule has 1 unspecified atom stereocenters. The summed E-state index contributed by atoms with van der Waals surface area (Å²) in [6.45, 7) is 5.59. The molecule has 1 saturated heterocycles. The smallest absolute Gasteiger partial charge is 0.410 e. The van der Waals surface area contributed by atoms with Crippen molar-refractivity contribution < 1.29 is 19.4 Å². The van der Waals surface area contributed by atoms with Crippen molar-refractivity contribution >= 4 is 17.7 Å². The zero-order valence-electron chi connectivity index (χ0n) is 11.4. The summed E-state index contributed by atoms with van der Waals surface area (Å²) in [6, 6.07) is 0. The van der Waals surface area contributed by atoms with Gasteiger partial charge in [-0.1, -0.05) is 0 Å². The number of halogens is 1. The Hall–Kier alpha value is -0.520. The molecule has 0 bridgehead atoms. The Kier molecular flexibility index (Phi) is 4.86. The monoisotopic (exact) mass is 279 g/mol. The van der Waals surface area contributed by atoms with Crippen LogP contribution in [-0.2, 0) is 9.47 Å². The SMILES string of the molecule is CO[C@@H]1CN(C(=O)OC(C)(C)C)C(CO)(CCl)C1. The second kappa shape index (κ2) is 5.63. The maximum Gasteiger partial charge on any atom is 0.410 e. The number of amides is 1. The maximum absolute atomic E-state index is 12.1. The van der Waals surface area contributed by atoms with Crippen LogP contribution in [0.1, 0.15) is 27.2 Å². The van der Waals surface area contributed by atoms with Crippen LogP contribution >= 0.6 is 11.6 Å². The van der Waals surface area contributed by atoms with E-state index in [4.69, 9.17) is 21.1 Å². The van der Waals surface area contributed by atoms with E-state index in [-0.39, 0.29) is 18.6 Å². The summed E-state index contributed by atoms with van der Waals surface area (Å²) >= 11 is 5.93. The van der Waals surface area contributed by atoms with Gasteiger partial charge in [0.15, 0.2) is 0 Å². The molecule has 1 aliphatic rings. The summed E-state index contributed by atoms with van der Waals surface area (Å²) in [4.78, 5) is 13.6. The fourth-order valence-electron chi connectivity index (χ4n) is 2.06. The minimum absolute atomic E-state index is 0.122. The van der Waals surface area contributed by atoms with Crippen LogP contribution in [0.2, 0.25) is 0 Å². The van der Waals surface area contributed by atoms with Crippen LogP contribution in [0, 0.1) is 0 Å². The standard InChI is InChI=1S/C12H22ClNO4/c1-11(2,3)18-10(16)14-6-9(17-4)5-12(14,7-13)8-15/h9,15H,5-8H2,1-4H3/t9-,12?/m0/s1. The van der Waals surface area contributed by atoms with E-state index in [1.165, 1.54) is 4.90 Å². The van der Waals surface area contributed by atoms with Crippen LogP contribution < -0.4 is 0 Å². The minimum Gasteiger partial charge on any atom is -0.444 e. The Morgan fingerprint density at radius 3 is 2.56 bits per heavy atom. The Bertz CT molecular complexity index is 299. The van der Waals surface area contributed by atoms with Gasteiger partial charge in [0.2, 0.25) is 0 Å². The summed E-state index contributed by atoms with van der Waals surface area (Å²) in [6.07, 6.45) is -0.0666. The van der Waals surface area contributed by atoms with Gasteiger partial charge in [-0.15, -0.1) is 11.6 Å². The lowest BCUT2D eigenvalue weighted by Gasteiger charge is -2.35. The number of alkyl halides is 1. The first-order valence-corrected chi connectivity index (χ1v) is 6.51. The lowest BCUT2D eigenvalue weighted by Crippen LogP contribution is -2.52. The number of aliphatic hydroxyl groups is 1. The fraction of sp³-hybridized carbons (Fsp3) is 0.917. The molecule has 0 spiro atoms. The highest BCUT2D eigenvalue weighted by atomic mass is 35.5. The van der Waals surface area contributed by atoms with Crippen molar-refractivity contribution in [3.05, 3.63) is 0 Å². The average molecular weight is 280 g/mol. The van der Waals surface area contributed by atoms with Gasteiger partial charge in [0.25, 0.3) is 0 Å². The van der Waals surface area contributed by atoms with Gasteiger partial charge in [0.1, 0.15) is 5.60 Å². The Morgan fingerprint density at radius 2 is 2.17 bits per heavy atom. The van der Waals surface area contributed by atoms with Crippen molar-refractivity contribution in [2.24, 2.45) is 0 Å². The summed E-state index contributed by atoms with van der Waals surface area (Å²) in [5, 5.41) is 9.56. The van der Waals surface area contributed by atoms with Crippen molar-refractivity contribution in [2.75, 3.05) is 26.1 Å². The van der Waals surface area contributed by atoms with E-state index in [1.807, 2.05) is 0 Å². The molecule has 1 aliphatic heterocycles. The molecule has 0 aromatic rings. The van der Waals surface area contributed by atoms with E-state index < -0.39 is 17.2 Å². The second-order valence-electron chi connectivity index (χ2n) is 5.67. The van der Waals surface area contributed by atoms with Crippen molar-refractivity contribution in [3.63, 3.8) is 0 Å². The van der Waals surface area contributed by atoms with Gasteiger partial charge in [0.05, 0.1) is 24.8 Å². The number of ether oxygens (including phenoxy) is 2. The van der Waals surface area contributed by atoms with Gasteiger partial charge in [0, 0.05) is 19.4 Å². The second-order valence-corrected chi connectivity index (χ2v) is 5.94. The first-order chi connectivity index (χ1) is 8.28. The highest BCUT2D eigenvalue weighted by molar-refractivity contribution is 6.18. The zero-order valence-corrected chi connectivity index (χ0v) is 12.2. The van der Waals surface area contributed by atoms with Crippen molar-refractivity contribution in [2.45, 2.75) is 44.4 Å². The normalized spacial score (nSPS) is 28.6. The molecule has 0 aromatic heterocycles. The van der Waals surface area contributed by atoms with Crippen molar-refractivity contribution in [1.29, 1.82) is 0 Å². The maximum atomic E-state index is 12.1. The highest BCUT2D eigenvalue weighted by Gasteiger charge is 2.48. The van der Waals surface area contributed by atoms with Crippen LogP contribution in [0.15, 0.2) is 0 Å². The van der Waals surface area contributed by atoms with Gasteiger partial charge in [-0.3, -0.25) is 4.90 Å². The molecule has 1 fully saturated rings. The lowest BCUT2D eigenvalue weighted by atomic mass is 9.99. The van der Waals surface area contributed by atoms with Crippen molar-refractivity contribution in [1.82, 2.24) is 4.90 Å². The Balaban J connectivity index is 2.87. The third-order valence-electron chi connectivity index (χ3n) is 3.06. The topological polar surface area (TPSA) is 59.0 Å². The van der Waals surface area contributed by atoms with E-state index >= 15 is 0 Å². The van der Waals surface area contributed by atoms with Crippen LogP contribution in [0.4, 0.5) is 4.79 Å². The molecule has 0 aliphatic carbocycles. The van der Waals surface area contributed by atoms with E-state index in [2.05, 4.69) is 0 Å². The Labute approximate surface area is 113 Å². The number of hydrogen-bond donors (Lipinski definition) is 1. The first kappa shape index (κ1) is 15.5. The summed E-state index contributed by atoms with van der Waals surface area (Å²) in [5.41, 5.74) is -1.36. The molecule has 6 heteroatoms. The van der Waals surface area contributed by atoms with E-state index in [1.54, 1.807) is 27.9 Å². The molecule has 0 aromatic carbocycles. The molecular formula is C12H22ClNO4. The van der Waals surface area contributed by atoms with Gasteiger partial charge in [-0.25, -0.2) is 4.79 Å². The van der Waals surface area contributed by atoms with Gasteiger partial charge < -0.3 is 14.6 Å². The first-order valence-electron chi connectivity index (χ1n) is 5.98. The van der Waals surface area contributed by atoms with Crippen molar-refractivity contribution in [3.8, 4) is 0 Å². The largest absolute Gasteiger partial charge is 0.444 e. The highest BCUT2D eigenvalue weighted by Crippen LogP contribution is 2.33. The van der Waals surface area contributed by atoms with Crippen LogP contribution in [-0.4, -0.2) is 59.5 Å².